The van der Waals surface area contributed by atoms with Crippen molar-refractivity contribution in [2.75, 3.05) is 5.32 Å². The zero-order valence-electron chi connectivity index (χ0n) is 13.7. The van der Waals surface area contributed by atoms with Gasteiger partial charge in [0.2, 0.25) is 0 Å². The number of aromatic nitrogens is 5. The molecule has 0 bridgehead atoms. The Balaban J connectivity index is 1.79. The first-order valence-corrected chi connectivity index (χ1v) is 8.32. The summed E-state index contributed by atoms with van der Waals surface area (Å²) in [6.45, 7) is 1.95. The van der Waals surface area contributed by atoms with E-state index in [0.29, 0.717) is 6.04 Å². The zero-order chi connectivity index (χ0) is 15.8. The van der Waals surface area contributed by atoms with Crippen LogP contribution in [0.3, 0.4) is 0 Å². The van der Waals surface area contributed by atoms with Crippen LogP contribution in [0.25, 0.3) is 16.7 Å². The number of hydrogen-bond acceptors (Lipinski definition) is 4. The van der Waals surface area contributed by atoms with Crippen molar-refractivity contribution in [1.82, 2.24) is 24.3 Å². The first kappa shape index (κ1) is 14.2. The number of aryl methyl sites for hydroxylation is 2. The van der Waals surface area contributed by atoms with E-state index in [2.05, 4.69) is 20.0 Å². The van der Waals surface area contributed by atoms with Gasteiger partial charge < -0.3 is 9.88 Å². The van der Waals surface area contributed by atoms with Crippen molar-refractivity contribution in [2.24, 2.45) is 7.05 Å². The van der Waals surface area contributed by atoms with Crippen LogP contribution in [0.2, 0.25) is 0 Å². The molecule has 0 radical (unpaired) electrons. The van der Waals surface area contributed by atoms with Crippen molar-refractivity contribution in [1.29, 1.82) is 0 Å². The molecule has 0 amide bonds. The summed E-state index contributed by atoms with van der Waals surface area (Å²) in [6.07, 6.45) is 12.3. The Labute approximate surface area is 135 Å². The Morgan fingerprint density at radius 3 is 2.74 bits per heavy atom. The van der Waals surface area contributed by atoms with Gasteiger partial charge in [-0.15, -0.1) is 0 Å². The molecule has 6 nitrogen and oxygen atoms in total. The van der Waals surface area contributed by atoms with E-state index in [1.807, 2.05) is 43.3 Å². The van der Waals surface area contributed by atoms with Gasteiger partial charge in [0.25, 0.3) is 0 Å². The summed E-state index contributed by atoms with van der Waals surface area (Å²) in [5, 5.41) is 7.95. The highest BCUT2D eigenvalue weighted by molar-refractivity contribution is 5.88. The monoisotopic (exact) mass is 310 g/mol. The highest BCUT2D eigenvalue weighted by Crippen LogP contribution is 2.28. The highest BCUT2D eigenvalue weighted by atomic mass is 15.3. The van der Waals surface area contributed by atoms with Crippen molar-refractivity contribution < 1.29 is 0 Å². The summed E-state index contributed by atoms with van der Waals surface area (Å²) in [6, 6.07) is 2.56. The van der Waals surface area contributed by atoms with E-state index in [4.69, 9.17) is 4.98 Å². The van der Waals surface area contributed by atoms with Gasteiger partial charge >= 0.3 is 0 Å². The predicted octanol–water partition coefficient (Wildman–Crippen LogP) is 3.21. The molecular weight excluding hydrogens is 288 g/mol. The van der Waals surface area contributed by atoms with E-state index in [0.717, 1.165) is 28.4 Å². The van der Waals surface area contributed by atoms with Crippen LogP contribution < -0.4 is 5.32 Å². The predicted molar refractivity (Wildman–Crippen MR) is 90.9 cm³/mol. The van der Waals surface area contributed by atoms with Crippen molar-refractivity contribution in [3.05, 3.63) is 30.5 Å². The molecule has 1 N–H and O–H groups in total. The fraction of sp³-hybridized carbons (Fsp3) is 0.471. The molecule has 0 aromatic carbocycles. The van der Waals surface area contributed by atoms with Gasteiger partial charge in [-0.2, -0.15) is 5.10 Å². The minimum absolute atomic E-state index is 0.512. The van der Waals surface area contributed by atoms with Crippen LogP contribution in [-0.4, -0.2) is 30.4 Å². The van der Waals surface area contributed by atoms with E-state index >= 15 is 0 Å². The molecule has 23 heavy (non-hydrogen) atoms. The number of hydrogen-bond donors (Lipinski definition) is 1. The summed E-state index contributed by atoms with van der Waals surface area (Å²) in [7, 11) is 1.93. The van der Waals surface area contributed by atoms with Crippen LogP contribution in [0.4, 0.5) is 5.82 Å². The smallest absolute Gasteiger partial charge is 0.154 e. The zero-order valence-corrected chi connectivity index (χ0v) is 13.7. The van der Waals surface area contributed by atoms with Crippen LogP contribution >= 0.6 is 0 Å². The van der Waals surface area contributed by atoms with Crippen LogP contribution in [0, 0.1) is 6.92 Å². The molecule has 0 spiro atoms. The Kier molecular flexibility index (Phi) is 3.52. The third kappa shape index (κ3) is 2.69. The standard InChI is InChI=1S/C17H22N6/c1-12-19-15-8-9-23(14-10-18-22(2)11-14)16(15)17(20-12)21-13-6-4-3-5-7-13/h8-11,13H,3-7H2,1-2H3,(H,19,20,21). The second kappa shape index (κ2) is 5.68. The van der Waals surface area contributed by atoms with Crippen LogP contribution in [0.15, 0.2) is 24.7 Å². The lowest BCUT2D eigenvalue weighted by atomic mass is 9.95. The molecular formula is C17H22N6. The van der Waals surface area contributed by atoms with E-state index < -0.39 is 0 Å². The van der Waals surface area contributed by atoms with Gasteiger partial charge in [0.1, 0.15) is 11.3 Å². The molecule has 1 fully saturated rings. The number of rotatable bonds is 3. The Hall–Kier alpha value is -2.37. The third-order valence-corrected chi connectivity index (χ3v) is 4.56. The van der Waals surface area contributed by atoms with Gasteiger partial charge in [-0.3, -0.25) is 4.68 Å². The molecule has 0 saturated heterocycles. The number of nitrogens with zero attached hydrogens (tertiary/aromatic N) is 5. The van der Waals surface area contributed by atoms with Crippen molar-refractivity contribution in [2.45, 2.75) is 45.1 Å². The normalized spacial score (nSPS) is 16.1. The molecule has 1 aliphatic rings. The first-order chi connectivity index (χ1) is 11.2. The summed E-state index contributed by atoms with van der Waals surface area (Å²) in [5.41, 5.74) is 3.04. The first-order valence-electron chi connectivity index (χ1n) is 8.32. The molecule has 3 heterocycles. The second-order valence-corrected chi connectivity index (χ2v) is 6.39. The highest BCUT2D eigenvalue weighted by Gasteiger charge is 2.18. The second-order valence-electron chi connectivity index (χ2n) is 6.39. The lowest BCUT2D eigenvalue weighted by Gasteiger charge is -2.24. The minimum Gasteiger partial charge on any atom is -0.365 e. The van der Waals surface area contributed by atoms with E-state index in [1.54, 1.807) is 0 Å². The topological polar surface area (TPSA) is 60.6 Å². The summed E-state index contributed by atoms with van der Waals surface area (Å²) in [4.78, 5) is 9.27. The molecule has 3 aromatic heterocycles. The third-order valence-electron chi connectivity index (χ3n) is 4.56. The Morgan fingerprint density at radius 2 is 2.00 bits per heavy atom. The molecule has 1 aliphatic carbocycles. The molecule has 0 unspecified atom stereocenters. The van der Waals surface area contributed by atoms with Crippen LogP contribution in [-0.2, 0) is 7.05 Å². The molecule has 4 rings (SSSR count). The number of nitrogens with one attached hydrogen (secondary N) is 1. The van der Waals surface area contributed by atoms with E-state index in [-0.39, 0.29) is 0 Å². The SMILES string of the molecule is Cc1nc(NC2CCCCC2)c2c(ccn2-c2cnn(C)c2)n1. The summed E-state index contributed by atoms with van der Waals surface area (Å²) in [5.74, 6) is 1.74. The maximum absolute atomic E-state index is 4.69. The fourth-order valence-corrected chi connectivity index (χ4v) is 3.45. The maximum atomic E-state index is 4.69. The fourth-order valence-electron chi connectivity index (χ4n) is 3.45. The largest absolute Gasteiger partial charge is 0.365 e. The van der Waals surface area contributed by atoms with Crippen LogP contribution in [0.5, 0.6) is 0 Å². The average Bonchev–Trinajstić information content (AvgIpc) is 3.14. The minimum atomic E-state index is 0.512. The lowest BCUT2D eigenvalue weighted by Crippen LogP contribution is -2.23. The van der Waals surface area contributed by atoms with Crippen molar-refractivity contribution in [3.8, 4) is 5.69 Å². The summed E-state index contributed by atoms with van der Waals surface area (Å²) >= 11 is 0. The van der Waals surface area contributed by atoms with Crippen molar-refractivity contribution in [3.63, 3.8) is 0 Å². The van der Waals surface area contributed by atoms with E-state index in [9.17, 15) is 0 Å². The molecule has 1 saturated carbocycles. The molecule has 120 valence electrons. The summed E-state index contributed by atoms with van der Waals surface area (Å²) < 4.78 is 3.93. The number of anilines is 1. The van der Waals surface area contributed by atoms with Gasteiger partial charge in [0.15, 0.2) is 5.82 Å². The quantitative estimate of drug-likeness (QED) is 0.807. The van der Waals surface area contributed by atoms with Crippen molar-refractivity contribution >= 4 is 16.9 Å². The molecule has 0 aliphatic heterocycles. The number of fused-ring (bicyclic) bond motifs is 1. The Bertz CT molecular complexity index is 825. The molecule has 0 atom stereocenters. The molecule has 6 heteroatoms. The average molecular weight is 310 g/mol. The lowest BCUT2D eigenvalue weighted by molar-refractivity contribution is 0.462. The van der Waals surface area contributed by atoms with Gasteiger partial charge in [-0.25, -0.2) is 9.97 Å². The maximum Gasteiger partial charge on any atom is 0.154 e. The van der Waals surface area contributed by atoms with Gasteiger partial charge in [0.05, 0.1) is 17.4 Å². The van der Waals surface area contributed by atoms with Gasteiger partial charge in [-0.05, 0) is 25.8 Å². The van der Waals surface area contributed by atoms with Gasteiger partial charge in [0, 0.05) is 25.5 Å². The van der Waals surface area contributed by atoms with Gasteiger partial charge in [-0.1, -0.05) is 19.3 Å². The Morgan fingerprint density at radius 1 is 1.17 bits per heavy atom. The molecule has 3 aromatic rings. The van der Waals surface area contributed by atoms with E-state index in [1.165, 1.54) is 32.1 Å². The van der Waals surface area contributed by atoms with Crippen LogP contribution in [0.1, 0.15) is 37.9 Å².